The summed E-state index contributed by atoms with van der Waals surface area (Å²) < 4.78 is 13.5. The number of rotatable bonds is 0. The fourth-order valence-electron chi connectivity index (χ4n) is 7.23. The van der Waals surface area contributed by atoms with E-state index in [9.17, 15) is 0 Å². The van der Waals surface area contributed by atoms with Crippen LogP contribution in [0.15, 0.2) is 145 Å². The molecule has 0 amide bonds. The Balaban J connectivity index is 1.22. The molecular formula is C34H16B2O2S4. The van der Waals surface area contributed by atoms with Gasteiger partial charge < -0.3 is 8.83 Å². The van der Waals surface area contributed by atoms with Crippen LogP contribution in [0.25, 0.3) is 21.9 Å². The highest BCUT2D eigenvalue weighted by atomic mass is 32.2. The summed E-state index contributed by atoms with van der Waals surface area (Å²) in [6.45, 7) is 0.118. The summed E-state index contributed by atoms with van der Waals surface area (Å²) in [6, 6.07) is 35.3. The topological polar surface area (TPSA) is 26.3 Å². The maximum Gasteiger partial charge on any atom is 0.293 e. The van der Waals surface area contributed by atoms with Crippen LogP contribution in [0, 0.1) is 0 Å². The number of hydrogen-bond acceptors (Lipinski definition) is 6. The number of furan rings is 2. The molecule has 194 valence electrons. The van der Waals surface area contributed by atoms with Gasteiger partial charge in [-0.2, -0.15) is 0 Å². The summed E-state index contributed by atoms with van der Waals surface area (Å²) in [5.41, 5.74) is 9.60. The van der Waals surface area contributed by atoms with Crippen molar-refractivity contribution in [3.63, 3.8) is 0 Å². The summed E-state index contributed by atoms with van der Waals surface area (Å²) in [4.78, 5) is 10.5. The van der Waals surface area contributed by atoms with Crippen LogP contribution in [-0.4, -0.2) is 13.4 Å². The van der Waals surface area contributed by atoms with E-state index >= 15 is 0 Å². The molecule has 0 unspecified atom stereocenters. The van der Waals surface area contributed by atoms with Crippen LogP contribution in [0.2, 0.25) is 0 Å². The third-order valence-electron chi connectivity index (χ3n) is 8.95. The standard InChI is InChI=1S/C34H16B2O2S4/c1-3-9-20-17(7-1)30-33(37-20)35-19-15-16-26-29(32(19)42-24-13-6-12-23(40-30)27(24)35)36-28-22(39-26)11-5-14-25(28)41-31-18-8-2-4-10-21(18)38-34(31)36/h1-16H. The predicted molar refractivity (Wildman–Crippen MR) is 178 cm³/mol. The van der Waals surface area contributed by atoms with Gasteiger partial charge in [0.1, 0.15) is 11.2 Å². The number of para-hydroxylation sites is 2. The molecule has 0 N–H and O–H groups in total. The van der Waals surface area contributed by atoms with E-state index < -0.39 is 0 Å². The maximum absolute atomic E-state index is 6.78. The minimum atomic E-state index is 0.0522. The lowest BCUT2D eigenvalue weighted by atomic mass is 9.35. The van der Waals surface area contributed by atoms with Crippen molar-refractivity contribution in [1.82, 2.24) is 0 Å². The molecule has 4 aliphatic rings. The number of fused-ring (bicyclic) bond motifs is 13. The van der Waals surface area contributed by atoms with Gasteiger partial charge >= 0.3 is 0 Å². The molecule has 0 spiro atoms. The molecule has 6 heterocycles. The van der Waals surface area contributed by atoms with Crippen LogP contribution in [-0.2, 0) is 0 Å². The van der Waals surface area contributed by atoms with Crippen molar-refractivity contribution >= 4 is 116 Å². The highest BCUT2D eigenvalue weighted by molar-refractivity contribution is 8.02. The second-order valence-electron chi connectivity index (χ2n) is 11.1. The van der Waals surface area contributed by atoms with Gasteiger partial charge in [0.2, 0.25) is 0 Å². The Labute approximate surface area is 259 Å². The fourth-order valence-corrected chi connectivity index (χ4v) is 12.4. The van der Waals surface area contributed by atoms with Crippen molar-refractivity contribution in [2.75, 3.05) is 0 Å². The Hall–Kier alpha value is -3.29. The Morgan fingerprint density at radius 1 is 0.405 bits per heavy atom. The third kappa shape index (κ3) is 2.87. The minimum Gasteiger partial charge on any atom is -0.469 e. The molecule has 0 saturated heterocycles. The van der Waals surface area contributed by atoms with E-state index in [0.29, 0.717) is 0 Å². The molecule has 0 saturated carbocycles. The molecule has 0 bridgehead atoms. The van der Waals surface area contributed by atoms with Crippen LogP contribution in [0.3, 0.4) is 0 Å². The molecule has 2 aromatic heterocycles. The highest BCUT2D eigenvalue weighted by Crippen LogP contribution is 2.45. The normalized spacial score (nSPS) is 15.1. The molecule has 8 heteroatoms. The van der Waals surface area contributed by atoms with Crippen molar-refractivity contribution < 1.29 is 8.83 Å². The van der Waals surface area contributed by atoms with Crippen LogP contribution < -0.4 is 33.2 Å². The first-order chi connectivity index (χ1) is 20.8. The third-order valence-corrected chi connectivity index (χ3v) is 13.7. The van der Waals surface area contributed by atoms with Gasteiger partial charge in [-0.3, -0.25) is 0 Å². The van der Waals surface area contributed by atoms with Gasteiger partial charge in [0.25, 0.3) is 13.4 Å². The first-order valence-electron chi connectivity index (χ1n) is 14.0. The van der Waals surface area contributed by atoms with E-state index in [4.69, 9.17) is 8.83 Å². The average Bonchev–Trinajstić information content (AvgIpc) is 3.59. The van der Waals surface area contributed by atoms with Gasteiger partial charge in [-0.25, -0.2) is 0 Å². The van der Waals surface area contributed by atoms with Gasteiger partial charge in [-0.15, -0.1) is 0 Å². The first kappa shape index (κ1) is 23.2. The predicted octanol–water partition coefficient (Wildman–Crippen LogP) is 6.07. The second kappa shape index (κ2) is 8.20. The van der Waals surface area contributed by atoms with E-state index in [2.05, 4.69) is 97.1 Å². The second-order valence-corrected chi connectivity index (χ2v) is 15.3. The zero-order valence-corrected chi connectivity index (χ0v) is 25.1. The van der Waals surface area contributed by atoms with Gasteiger partial charge in [-0.05, 0) is 71.0 Å². The maximum atomic E-state index is 6.78. The Kier molecular flexibility index (Phi) is 4.53. The SMILES string of the molecule is c1cc2c3c(c1)Sc1c(oc4ccccc14)B3c1ccc3c(c1S2)B1c2oc4ccccc4c2Sc2cccc(c21)S3. The number of hydrogen-bond donors (Lipinski definition) is 0. The molecule has 2 nitrogen and oxygen atoms in total. The summed E-state index contributed by atoms with van der Waals surface area (Å²) in [7, 11) is 0. The summed E-state index contributed by atoms with van der Waals surface area (Å²) in [5.74, 6) is 0. The Morgan fingerprint density at radius 2 is 0.905 bits per heavy atom. The van der Waals surface area contributed by atoms with E-state index in [1.54, 1.807) is 0 Å². The largest absolute Gasteiger partial charge is 0.469 e. The van der Waals surface area contributed by atoms with Crippen LogP contribution in [0.1, 0.15) is 0 Å². The van der Waals surface area contributed by atoms with Crippen molar-refractivity contribution in [1.29, 1.82) is 0 Å². The molecule has 42 heavy (non-hydrogen) atoms. The van der Waals surface area contributed by atoms with Gasteiger partial charge in [0, 0.05) is 40.1 Å². The average molecular weight is 606 g/mol. The molecule has 4 aliphatic heterocycles. The van der Waals surface area contributed by atoms with Crippen molar-refractivity contribution in [3.05, 3.63) is 97.1 Å². The van der Waals surface area contributed by atoms with Gasteiger partial charge in [-0.1, -0.05) is 95.0 Å². The molecule has 11 rings (SSSR count). The molecule has 0 atom stereocenters. The lowest BCUT2D eigenvalue weighted by Crippen LogP contribution is -2.63. The fraction of sp³-hybridized carbons (Fsp3) is 0. The summed E-state index contributed by atoms with van der Waals surface area (Å²) in [5, 5.41) is 2.41. The molecule has 0 aliphatic carbocycles. The van der Waals surface area contributed by atoms with Crippen LogP contribution >= 0.6 is 47.0 Å². The molecule has 5 aromatic carbocycles. The summed E-state index contributed by atoms with van der Waals surface area (Å²) >= 11 is 7.56. The quantitative estimate of drug-likeness (QED) is 0.195. The van der Waals surface area contributed by atoms with Crippen molar-refractivity contribution in [2.24, 2.45) is 0 Å². The molecule has 0 fully saturated rings. The monoisotopic (exact) mass is 606 g/mol. The van der Waals surface area contributed by atoms with E-state index in [1.807, 2.05) is 47.0 Å². The Bertz CT molecular complexity index is 2360. The van der Waals surface area contributed by atoms with E-state index in [0.717, 1.165) is 22.5 Å². The van der Waals surface area contributed by atoms with Gasteiger partial charge in [0.15, 0.2) is 0 Å². The van der Waals surface area contributed by atoms with E-state index in [1.165, 1.54) is 71.8 Å². The zero-order valence-electron chi connectivity index (χ0n) is 21.8. The lowest BCUT2D eigenvalue weighted by Gasteiger charge is -2.36. The van der Waals surface area contributed by atoms with Crippen molar-refractivity contribution in [2.45, 2.75) is 39.2 Å². The molecule has 7 aromatic rings. The zero-order chi connectivity index (χ0) is 27.1. The van der Waals surface area contributed by atoms with Crippen LogP contribution in [0.4, 0.5) is 0 Å². The number of benzene rings is 5. The van der Waals surface area contributed by atoms with Crippen LogP contribution in [0.5, 0.6) is 0 Å². The minimum absolute atomic E-state index is 0.0522. The summed E-state index contributed by atoms with van der Waals surface area (Å²) in [6.07, 6.45) is 0. The Morgan fingerprint density at radius 3 is 1.55 bits per heavy atom. The molecule has 0 radical (unpaired) electrons. The van der Waals surface area contributed by atoms with Gasteiger partial charge in [0.05, 0.1) is 21.1 Å². The molecular weight excluding hydrogens is 590 g/mol. The highest BCUT2D eigenvalue weighted by Gasteiger charge is 2.47. The van der Waals surface area contributed by atoms with E-state index in [-0.39, 0.29) is 13.4 Å². The van der Waals surface area contributed by atoms with Crippen molar-refractivity contribution in [3.8, 4) is 0 Å². The smallest absolute Gasteiger partial charge is 0.293 e. The lowest BCUT2D eigenvalue weighted by molar-refractivity contribution is 0.645. The first-order valence-corrected chi connectivity index (χ1v) is 17.3.